The lowest BCUT2D eigenvalue weighted by Crippen LogP contribution is -2.30. The monoisotopic (exact) mass is 448 g/mol. The molecule has 7 nitrogen and oxygen atoms in total. The van der Waals surface area contributed by atoms with Crippen LogP contribution in [0.1, 0.15) is 15.9 Å². The van der Waals surface area contributed by atoms with Crippen LogP contribution in [-0.2, 0) is 10.0 Å². The number of hydrazone groups is 1. The Hall–Kier alpha value is -2.75. The zero-order chi connectivity index (χ0) is 21.0. The number of benzene rings is 2. The molecule has 0 atom stereocenters. The van der Waals surface area contributed by atoms with Crippen LogP contribution in [0.5, 0.6) is 0 Å². The first kappa shape index (κ1) is 21.0. The molecule has 0 saturated carbocycles. The van der Waals surface area contributed by atoms with Crippen molar-refractivity contribution in [3.8, 4) is 11.3 Å². The minimum atomic E-state index is -3.66. The normalized spacial score (nSPS) is 11.6. The largest absolute Gasteiger partial charge is 0.268 e. The van der Waals surface area contributed by atoms with Gasteiger partial charge < -0.3 is 0 Å². The van der Waals surface area contributed by atoms with Gasteiger partial charge in [-0.05, 0) is 12.1 Å². The van der Waals surface area contributed by atoms with E-state index in [0.29, 0.717) is 15.7 Å². The van der Waals surface area contributed by atoms with E-state index in [1.54, 1.807) is 36.3 Å². The summed E-state index contributed by atoms with van der Waals surface area (Å²) in [5.41, 5.74) is 2.25. The van der Waals surface area contributed by atoms with Crippen LogP contribution in [0.25, 0.3) is 11.3 Å². The van der Waals surface area contributed by atoms with E-state index in [-0.39, 0.29) is 5.56 Å². The van der Waals surface area contributed by atoms with Crippen LogP contribution in [0.4, 0.5) is 5.13 Å². The fourth-order valence-electron chi connectivity index (χ4n) is 2.44. The highest BCUT2D eigenvalue weighted by molar-refractivity contribution is 7.89. The average molecular weight is 449 g/mol. The Morgan fingerprint density at radius 3 is 2.62 bits per heavy atom. The Labute approximate surface area is 177 Å². The van der Waals surface area contributed by atoms with E-state index in [1.165, 1.54) is 23.6 Å². The second kappa shape index (κ2) is 8.73. The number of hydrogen-bond acceptors (Lipinski definition) is 7. The van der Waals surface area contributed by atoms with E-state index in [9.17, 15) is 13.2 Å². The summed E-state index contributed by atoms with van der Waals surface area (Å²) in [5, 5.41) is 9.02. The van der Waals surface area contributed by atoms with Gasteiger partial charge in [-0.15, -0.1) is 11.3 Å². The molecule has 3 aromatic rings. The molecule has 0 aliphatic rings. The van der Waals surface area contributed by atoms with Crippen LogP contribution in [0, 0.1) is 0 Å². The van der Waals surface area contributed by atoms with E-state index in [1.807, 2.05) is 28.3 Å². The van der Waals surface area contributed by atoms with Crippen LogP contribution in [-0.4, -0.2) is 38.8 Å². The molecule has 29 heavy (non-hydrogen) atoms. The lowest BCUT2D eigenvalue weighted by Gasteiger charge is -2.09. The van der Waals surface area contributed by atoms with Gasteiger partial charge in [0.1, 0.15) is 0 Å². The van der Waals surface area contributed by atoms with Gasteiger partial charge in [0, 0.05) is 34.1 Å². The van der Waals surface area contributed by atoms with Crippen molar-refractivity contribution in [1.29, 1.82) is 0 Å². The summed E-state index contributed by atoms with van der Waals surface area (Å²) in [6, 6.07) is 14.0. The Balaban J connectivity index is 1.81. The molecule has 1 aromatic heterocycles. The Morgan fingerprint density at radius 1 is 1.21 bits per heavy atom. The number of nitrogens with one attached hydrogen (secondary N) is 1. The van der Waals surface area contributed by atoms with Gasteiger partial charge >= 0.3 is 0 Å². The van der Waals surface area contributed by atoms with E-state index in [4.69, 9.17) is 11.6 Å². The van der Waals surface area contributed by atoms with Gasteiger partial charge in [0.25, 0.3) is 5.91 Å². The first-order valence-electron chi connectivity index (χ1n) is 8.34. The molecule has 1 N–H and O–H groups in total. The molecule has 1 amide bonds. The van der Waals surface area contributed by atoms with E-state index in [2.05, 4.69) is 10.1 Å². The SMILES string of the molecule is CN(/N=C/c1ccccc1C(=O)NS(C)(=O)=O)c1nc(-c2ccccc2Cl)cs1. The van der Waals surface area contributed by atoms with E-state index < -0.39 is 15.9 Å². The van der Waals surface area contributed by atoms with Gasteiger partial charge in [0.05, 0.1) is 18.2 Å². The summed E-state index contributed by atoms with van der Waals surface area (Å²) < 4.78 is 24.6. The van der Waals surface area contributed by atoms with Crippen LogP contribution >= 0.6 is 22.9 Å². The number of nitrogens with zero attached hydrogens (tertiary/aromatic N) is 3. The van der Waals surface area contributed by atoms with Crippen molar-refractivity contribution in [2.24, 2.45) is 5.10 Å². The quantitative estimate of drug-likeness (QED) is 0.459. The molecule has 3 rings (SSSR count). The number of carbonyl (C=O) groups excluding carboxylic acids is 1. The summed E-state index contributed by atoms with van der Waals surface area (Å²) in [4.78, 5) is 16.7. The maximum atomic E-state index is 12.2. The zero-order valence-corrected chi connectivity index (χ0v) is 17.9. The first-order chi connectivity index (χ1) is 13.7. The molecule has 0 fully saturated rings. The smallest absolute Gasteiger partial charge is 0.265 e. The van der Waals surface area contributed by atoms with Gasteiger partial charge in [-0.3, -0.25) is 4.79 Å². The summed E-state index contributed by atoms with van der Waals surface area (Å²) in [7, 11) is -1.94. The van der Waals surface area contributed by atoms with Crippen LogP contribution in [0.15, 0.2) is 59.0 Å². The Bertz CT molecular complexity index is 1180. The van der Waals surface area contributed by atoms with E-state index >= 15 is 0 Å². The molecular weight excluding hydrogens is 432 g/mol. The van der Waals surface area contributed by atoms with Gasteiger partial charge in [-0.2, -0.15) is 5.10 Å². The van der Waals surface area contributed by atoms with Crippen molar-refractivity contribution in [3.63, 3.8) is 0 Å². The lowest BCUT2D eigenvalue weighted by molar-refractivity contribution is 0.0981. The highest BCUT2D eigenvalue weighted by atomic mass is 35.5. The Kier molecular flexibility index (Phi) is 6.31. The minimum absolute atomic E-state index is 0.200. The standard InChI is InChI=1S/C19H17ClN4O3S2/c1-24(19-22-17(12-28-19)15-9-5-6-10-16(15)20)21-11-13-7-3-4-8-14(13)18(25)23-29(2,26)27/h3-12H,1-2H3,(H,23,25)/b21-11+. The van der Waals surface area contributed by atoms with Crippen LogP contribution in [0.2, 0.25) is 5.02 Å². The number of aromatic nitrogens is 1. The second-order valence-corrected chi connectivity index (χ2v) is 9.05. The molecule has 0 spiro atoms. The lowest BCUT2D eigenvalue weighted by atomic mass is 10.1. The Morgan fingerprint density at radius 2 is 1.90 bits per heavy atom. The summed E-state index contributed by atoms with van der Waals surface area (Å²) >= 11 is 7.62. The number of sulfonamides is 1. The fraction of sp³-hybridized carbons (Fsp3) is 0.105. The highest BCUT2D eigenvalue weighted by Gasteiger charge is 2.14. The number of halogens is 1. The topological polar surface area (TPSA) is 91.7 Å². The molecule has 0 bridgehead atoms. The molecule has 0 radical (unpaired) electrons. The number of thiazole rings is 1. The molecule has 10 heteroatoms. The van der Waals surface area contributed by atoms with Crippen LogP contribution in [0.3, 0.4) is 0 Å². The molecule has 0 unspecified atom stereocenters. The maximum absolute atomic E-state index is 12.2. The number of hydrogen-bond donors (Lipinski definition) is 1. The predicted octanol–water partition coefficient (Wildman–Crippen LogP) is 3.62. The van der Waals surface area contributed by atoms with Crippen molar-refractivity contribution in [3.05, 3.63) is 70.1 Å². The molecule has 0 aliphatic carbocycles. The van der Waals surface area contributed by atoms with Gasteiger partial charge in [0.2, 0.25) is 15.2 Å². The predicted molar refractivity (Wildman–Crippen MR) is 117 cm³/mol. The molecule has 0 saturated heterocycles. The third-order valence-electron chi connectivity index (χ3n) is 3.77. The van der Waals surface area contributed by atoms with Gasteiger partial charge in [-0.25, -0.2) is 23.1 Å². The van der Waals surface area contributed by atoms with Crippen molar-refractivity contribution < 1.29 is 13.2 Å². The molecular formula is C19H17ClN4O3S2. The summed E-state index contributed by atoms with van der Waals surface area (Å²) in [6.45, 7) is 0. The number of rotatable bonds is 6. The minimum Gasteiger partial charge on any atom is -0.268 e. The number of anilines is 1. The van der Waals surface area contributed by atoms with Crippen molar-refractivity contribution in [2.45, 2.75) is 0 Å². The first-order valence-corrected chi connectivity index (χ1v) is 11.5. The zero-order valence-electron chi connectivity index (χ0n) is 15.5. The second-order valence-electron chi connectivity index (χ2n) is 6.05. The highest BCUT2D eigenvalue weighted by Crippen LogP contribution is 2.31. The van der Waals surface area contributed by atoms with Crippen molar-refractivity contribution in [1.82, 2.24) is 9.71 Å². The third kappa shape index (κ3) is 5.41. The average Bonchev–Trinajstić information content (AvgIpc) is 3.15. The summed E-state index contributed by atoms with van der Waals surface area (Å²) in [6.07, 6.45) is 2.40. The maximum Gasteiger partial charge on any atom is 0.265 e. The molecule has 2 aromatic carbocycles. The van der Waals surface area contributed by atoms with E-state index in [0.717, 1.165) is 17.5 Å². The van der Waals surface area contributed by atoms with Gasteiger partial charge in [-0.1, -0.05) is 48.0 Å². The summed E-state index contributed by atoms with van der Waals surface area (Å²) in [5.74, 6) is -0.715. The fourth-order valence-corrected chi connectivity index (χ4v) is 3.87. The van der Waals surface area contributed by atoms with Crippen molar-refractivity contribution in [2.75, 3.05) is 18.3 Å². The number of carbonyl (C=O) groups is 1. The number of amides is 1. The van der Waals surface area contributed by atoms with Gasteiger partial charge in [0.15, 0.2) is 0 Å². The van der Waals surface area contributed by atoms with Crippen LogP contribution < -0.4 is 9.73 Å². The molecule has 150 valence electrons. The third-order valence-corrected chi connectivity index (χ3v) is 5.57. The molecule has 0 aliphatic heterocycles. The van der Waals surface area contributed by atoms with Crippen molar-refractivity contribution >= 4 is 50.2 Å². The molecule has 1 heterocycles.